The molecule has 0 N–H and O–H groups in total. The summed E-state index contributed by atoms with van der Waals surface area (Å²) in [6.45, 7) is 1.95. The summed E-state index contributed by atoms with van der Waals surface area (Å²) in [4.78, 5) is 19.3. The molecule has 2 aromatic heterocycles. The Morgan fingerprint density at radius 1 is 1.42 bits per heavy atom. The summed E-state index contributed by atoms with van der Waals surface area (Å²) >= 11 is 6.87. The van der Waals surface area contributed by atoms with E-state index < -0.39 is 5.97 Å². The fourth-order valence-electron chi connectivity index (χ4n) is 1.09. The lowest BCUT2D eigenvalue weighted by molar-refractivity contribution is 0.0475. The number of nitrogens with zero attached hydrogens (tertiary/aromatic N) is 4. The molecular weight excluding hydrogens is 292 g/mol. The monoisotopic (exact) mass is 300 g/mol. The van der Waals surface area contributed by atoms with E-state index in [2.05, 4.69) is 20.2 Å². The highest BCUT2D eigenvalue weighted by Crippen LogP contribution is 2.20. The molecule has 2 heterocycles. The molecule has 2 aromatic rings. The van der Waals surface area contributed by atoms with Gasteiger partial charge >= 0.3 is 11.9 Å². The zero-order chi connectivity index (χ0) is 13.7. The van der Waals surface area contributed by atoms with Gasteiger partial charge in [0.05, 0.1) is 24.7 Å². The lowest BCUT2D eigenvalue weighted by Crippen LogP contribution is -2.04. The van der Waals surface area contributed by atoms with Crippen LogP contribution in [0.1, 0.15) is 23.3 Å². The fourth-order valence-corrected chi connectivity index (χ4v) is 1.85. The molecule has 0 amide bonds. The fraction of sp³-hybridized carbons (Fsp3) is 0.300. The van der Waals surface area contributed by atoms with E-state index in [0.29, 0.717) is 16.6 Å². The van der Waals surface area contributed by atoms with Crippen molar-refractivity contribution in [2.75, 3.05) is 6.61 Å². The van der Waals surface area contributed by atoms with Crippen molar-refractivity contribution in [1.29, 1.82) is 0 Å². The first kappa shape index (κ1) is 13.8. The molecule has 2 rings (SSSR count). The zero-order valence-corrected chi connectivity index (χ0v) is 11.4. The van der Waals surface area contributed by atoms with Gasteiger partial charge in [-0.3, -0.25) is 4.98 Å². The van der Waals surface area contributed by atoms with E-state index >= 15 is 0 Å². The van der Waals surface area contributed by atoms with Crippen LogP contribution in [-0.2, 0) is 10.5 Å². The Bertz CT molecular complexity index is 560. The second kappa shape index (κ2) is 6.48. The summed E-state index contributed by atoms with van der Waals surface area (Å²) in [7, 11) is 0. The third kappa shape index (κ3) is 3.90. The molecule has 0 fully saturated rings. The highest BCUT2D eigenvalue weighted by molar-refractivity contribution is 7.98. The third-order valence-electron chi connectivity index (χ3n) is 1.87. The van der Waals surface area contributed by atoms with Crippen molar-refractivity contribution < 1.29 is 13.9 Å². The first-order valence-corrected chi connectivity index (χ1v) is 6.65. The van der Waals surface area contributed by atoms with Gasteiger partial charge in [-0.15, -0.1) is 5.10 Å². The number of ether oxygens (including phenoxy) is 1. The lowest BCUT2D eigenvalue weighted by atomic mass is 10.5. The van der Waals surface area contributed by atoms with Crippen molar-refractivity contribution >= 4 is 29.3 Å². The average molecular weight is 301 g/mol. The minimum absolute atomic E-state index is 0.161. The molecule has 0 aliphatic heterocycles. The molecule has 19 heavy (non-hydrogen) atoms. The standard InChI is InChI=1S/C10H9ClN4O3S/c1-2-17-9(16)8-14-15-10(18-8)19-5-6-3-13-7(11)4-12-6/h3-4H,2,5H2,1H3. The quantitative estimate of drug-likeness (QED) is 0.611. The first-order chi connectivity index (χ1) is 9.19. The number of thioether (sulfide) groups is 1. The van der Waals surface area contributed by atoms with Gasteiger partial charge in [0, 0.05) is 5.75 Å². The van der Waals surface area contributed by atoms with Crippen molar-refractivity contribution in [2.45, 2.75) is 17.9 Å². The second-order valence-electron chi connectivity index (χ2n) is 3.21. The van der Waals surface area contributed by atoms with Gasteiger partial charge in [-0.2, -0.15) is 0 Å². The predicted molar refractivity (Wildman–Crippen MR) is 66.9 cm³/mol. The van der Waals surface area contributed by atoms with Crippen LogP contribution in [0.3, 0.4) is 0 Å². The Balaban J connectivity index is 1.93. The summed E-state index contributed by atoms with van der Waals surface area (Å²) in [5, 5.41) is 7.91. The van der Waals surface area contributed by atoms with Crippen LogP contribution in [0.5, 0.6) is 0 Å². The van der Waals surface area contributed by atoms with E-state index in [9.17, 15) is 4.79 Å². The number of carbonyl (C=O) groups excluding carboxylic acids is 1. The Morgan fingerprint density at radius 2 is 2.26 bits per heavy atom. The molecule has 0 aliphatic carbocycles. The molecule has 0 aliphatic rings. The van der Waals surface area contributed by atoms with E-state index in [-0.39, 0.29) is 17.7 Å². The van der Waals surface area contributed by atoms with Gasteiger partial charge in [-0.1, -0.05) is 28.5 Å². The first-order valence-electron chi connectivity index (χ1n) is 5.29. The smallest absolute Gasteiger partial charge is 0.396 e. The Labute approximate surface area is 117 Å². The van der Waals surface area contributed by atoms with Crippen molar-refractivity contribution in [3.05, 3.63) is 29.1 Å². The summed E-state index contributed by atoms with van der Waals surface area (Å²) in [6.07, 6.45) is 3.01. The van der Waals surface area contributed by atoms with Crippen LogP contribution in [-0.4, -0.2) is 32.7 Å². The largest absolute Gasteiger partial charge is 0.459 e. The average Bonchev–Trinajstić information content (AvgIpc) is 2.87. The van der Waals surface area contributed by atoms with Crippen molar-refractivity contribution in [3.63, 3.8) is 0 Å². The topological polar surface area (TPSA) is 91.0 Å². The molecular formula is C10H9ClN4O3S. The summed E-state index contributed by atoms with van der Waals surface area (Å²) < 4.78 is 9.87. The van der Waals surface area contributed by atoms with Gasteiger partial charge in [0.2, 0.25) is 0 Å². The number of aromatic nitrogens is 4. The molecule has 0 spiro atoms. The molecule has 0 aromatic carbocycles. The number of carbonyl (C=O) groups is 1. The summed E-state index contributed by atoms with van der Waals surface area (Å²) in [6, 6.07) is 0. The number of hydrogen-bond acceptors (Lipinski definition) is 8. The van der Waals surface area contributed by atoms with Crippen molar-refractivity contribution in [3.8, 4) is 0 Å². The van der Waals surface area contributed by atoms with Gasteiger partial charge < -0.3 is 9.15 Å². The van der Waals surface area contributed by atoms with Gasteiger partial charge in [0.25, 0.3) is 5.22 Å². The van der Waals surface area contributed by atoms with E-state index in [4.69, 9.17) is 20.8 Å². The zero-order valence-electron chi connectivity index (χ0n) is 9.87. The van der Waals surface area contributed by atoms with E-state index in [1.807, 2.05) is 0 Å². The summed E-state index contributed by atoms with van der Waals surface area (Å²) in [5.74, 6) is -0.311. The van der Waals surface area contributed by atoms with Crippen LogP contribution in [0.25, 0.3) is 0 Å². The van der Waals surface area contributed by atoms with E-state index in [0.717, 1.165) is 0 Å². The second-order valence-corrected chi connectivity index (χ2v) is 4.53. The van der Waals surface area contributed by atoms with Crippen LogP contribution in [0, 0.1) is 0 Å². The minimum Gasteiger partial charge on any atom is -0.459 e. The maximum atomic E-state index is 11.3. The van der Waals surface area contributed by atoms with E-state index in [1.54, 1.807) is 13.1 Å². The third-order valence-corrected chi connectivity index (χ3v) is 2.92. The van der Waals surface area contributed by atoms with E-state index in [1.165, 1.54) is 18.0 Å². The highest BCUT2D eigenvalue weighted by atomic mass is 35.5. The minimum atomic E-state index is -0.631. The molecule has 7 nitrogen and oxygen atoms in total. The number of hydrogen-bond donors (Lipinski definition) is 0. The normalized spacial score (nSPS) is 10.4. The Kier molecular flexibility index (Phi) is 4.69. The Hall–Kier alpha value is -1.67. The SMILES string of the molecule is CCOC(=O)c1nnc(SCc2cnc(Cl)cn2)o1. The molecule has 0 radical (unpaired) electrons. The van der Waals surface area contributed by atoms with Crippen molar-refractivity contribution in [1.82, 2.24) is 20.2 Å². The van der Waals surface area contributed by atoms with Crippen molar-refractivity contribution in [2.24, 2.45) is 0 Å². The number of rotatable bonds is 5. The highest BCUT2D eigenvalue weighted by Gasteiger charge is 2.16. The molecule has 0 bridgehead atoms. The van der Waals surface area contributed by atoms with Crippen LogP contribution in [0.2, 0.25) is 5.15 Å². The van der Waals surface area contributed by atoms with Gasteiger partial charge in [0.15, 0.2) is 0 Å². The van der Waals surface area contributed by atoms with Crippen LogP contribution >= 0.6 is 23.4 Å². The molecule has 100 valence electrons. The predicted octanol–water partition coefficient (Wildman–Crippen LogP) is 1.98. The molecule has 0 saturated carbocycles. The van der Waals surface area contributed by atoms with Gasteiger partial charge in [-0.05, 0) is 6.92 Å². The number of halogens is 1. The van der Waals surface area contributed by atoms with Crippen LogP contribution in [0.4, 0.5) is 0 Å². The Morgan fingerprint density at radius 3 is 2.95 bits per heavy atom. The molecule has 0 saturated heterocycles. The maximum Gasteiger partial charge on any atom is 0.396 e. The van der Waals surface area contributed by atoms with Crippen LogP contribution < -0.4 is 0 Å². The molecule has 0 unspecified atom stereocenters. The van der Waals surface area contributed by atoms with Crippen LogP contribution in [0.15, 0.2) is 22.0 Å². The number of esters is 1. The lowest BCUT2D eigenvalue weighted by Gasteiger charge is -1.96. The van der Waals surface area contributed by atoms with Gasteiger partial charge in [-0.25, -0.2) is 9.78 Å². The molecule has 0 atom stereocenters. The summed E-state index contributed by atoms with van der Waals surface area (Å²) in [5.41, 5.74) is 0.713. The van der Waals surface area contributed by atoms with Gasteiger partial charge in [0.1, 0.15) is 5.15 Å². The maximum absolute atomic E-state index is 11.3. The molecule has 9 heteroatoms.